The van der Waals surface area contributed by atoms with Crippen LogP contribution < -0.4 is 10.3 Å². The highest BCUT2D eigenvalue weighted by molar-refractivity contribution is 6.90. The maximum Gasteiger partial charge on any atom is 0.307 e. The number of hydrogen-bond donors (Lipinski definition) is 0. The lowest BCUT2D eigenvalue weighted by atomic mass is 10.2. The molecule has 1 aromatic rings. The fourth-order valence-corrected chi connectivity index (χ4v) is 2.60. The van der Waals surface area contributed by atoms with Crippen LogP contribution in [-0.2, 0) is 0 Å². The topological polar surface area (TPSA) is 35.3 Å². The molecular formula is C11H21NO2Si. The fraction of sp³-hybridized carbons (Fsp3) is 0.727. The van der Waals surface area contributed by atoms with Gasteiger partial charge in [0.2, 0.25) is 0 Å². The van der Waals surface area contributed by atoms with E-state index in [2.05, 4.69) is 38.8 Å². The molecule has 1 heterocycles. The number of oxazole rings is 1. The second kappa shape index (κ2) is 3.67. The second-order valence-electron chi connectivity index (χ2n) is 5.47. The molecule has 1 rings (SSSR count). The summed E-state index contributed by atoms with van der Waals surface area (Å²) in [5.41, 5.74) is 1.72. The molecule has 0 radical (unpaired) electrons. The molecule has 86 valence electrons. The van der Waals surface area contributed by atoms with E-state index >= 15 is 0 Å². The van der Waals surface area contributed by atoms with E-state index in [1.54, 1.807) is 7.11 Å². The molecule has 15 heavy (non-hydrogen) atoms. The van der Waals surface area contributed by atoms with E-state index in [1.165, 1.54) is 0 Å². The normalized spacial score (nSPS) is 13.0. The van der Waals surface area contributed by atoms with Gasteiger partial charge in [0.1, 0.15) is 5.69 Å². The molecule has 0 saturated heterocycles. The Kier molecular flexibility index (Phi) is 3.00. The Labute approximate surface area is 92.9 Å². The highest BCUT2D eigenvalue weighted by Crippen LogP contribution is 2.36. The molecule has 0 aliphatic heterocycles. The molecule has 0 aliphatic carbocycles. The molecule has 0 saturated carbocycles. The van der Waals surface area contributed by atoms with Crippen molar-refractivity contribution in [3.8, 4) is 5.95 Å². The van der Waals surface area contributed by atoms with Crippen LogP contribution >= 0.6 is 0 Å². The van der Waals surface area contributed by atoms with Crippen LogP contribution in [0.5, 0.6) is 5.95 Å². The van der Waals surface area contributed by atoms with Gasteiger partial charge in [0.25, 0.3) is 0 Å². The van der Waals surface area contributed by atoms with Gasteiger partial charge in [0.15, 0.2) is 13.6 Å². The van der Waals surface area contributed by atoms with E-state index in [0.29, 0.717) is 5.95 Å². The minimum Gasteiger partial charge on any atom is -0.467 e. The van der Waals surface area contributed by atoms with Crippen molar-refractivity contribution in [1.29, 1.82) is 0 Å². The second-order valence-corrected chi connectivity index (χ2v) is 10.6. The molecule has 0 bridgehead atoms. The summed E-state index contributed by atoms with van der Waals surface area (Å²) < 4.78 is 10.8. The molecule has 3 nitrogen and oxygen atoms in total. The third kappa shape index (κ3) is 2.09. The van der Waals surface area contributed by atoms with Gasteiger partial charge in [-0.2, -0.15) is 0 Å². The van der Waals surface area contributed by atoms with Gasteiger partial charge in [0.05, 0.1) is 7.11 Å². The highest BCUT2D eigenvalue weighted by Gasteiger charge is 2.42. The molecule has 0 amide bonds. The first-order valence-electron chi connectivity index (χ1n) is 5.22. The lowest BCUT2D eigenvalue weighted by molar-refractivity contribution is 0.309. The SMILES string of the molecule is COc1oc([Si](C)(C)C(C)(C)C)nc1C. The van der Waals surface area contributed by atoms with Crippen LogP contribution in [0.1, 0.15) is 26.5 Å². The average Bonchev–Trinajstić information content (AvgIpc) is 2.45. The lowest BCUT2D eigenvalue weighted by Gasteiger charge is -2.33. The van der Waals surface area contributed by atoms with Crippen molar-refractivity contribution >= 4 is 13.6 Å². The summed E-state index contributed by atoms with van der Waals surface area (Å²) in [5, 5.41) is 0.231. The van der Waals surface area contributed by atoms with Gasteiger partial charge in [-0.15, -0.1) is 0 Å². The van der Waals surface area contributed by atoms with Crippen molar-refractivity contribution < 1.29 is 9.15 Å². The Morgan fingerprint density at radius 2 is 1.80 bits per heavy atom. The fourth-order valence-electron chi connectivity index (χ4n) is 1.16. The van der Waals surface area contributed by atoms with Crippen molar-refractivity contribution in [1.82, 2.24) is 4.98 Å². The average molecular weight is 227 g/mol. The number of nitrogens with zero attached hydrogens (tertiary/aromatic N) is 1. The number of methoxy groups -OCH3 is 1. The highest BCUT2D eigenvalue weighted by atomic mass is 28.3. The van der Waals surface area contributed by atoms with E-state index in [4.69, 9.17) is 9.15 Å². The van der Waals surface area contributed by atoms with Crippen LogP contribution in [0.2, 0.25) is 18.1 Å². The van der Waals surface area contributed by atoms with Crippen LogP contribution in [0.4, 0.5) is 0 Å². The summed E-state index contributed by atoms with van der Waals surface area (Å²) in [6.07, 6.45) is 0. The van der Waals surface area contributed by atoms with E-state index in [1.807, 2.05) is 6.92 Å². The summed E-state index contributed by atoms with van der Waals surface area (Å²) in [6.45, 7) is 13.2. The van der Waals surface area contributed by atoms with Gasteiger partial charge < -0.3 is 9.15 Å². The van der Waals surface area contributed by atoms with Gasteiger partial charge in [0, 0.05) is 0 Å². The molecule has 1 aromatic heterocycles. The van der Waals surface area contributed by atoms with Crippen molar-refractivity contribution in [3.63, 3.8) is 0 Å². The van der Waals surface area contributed by atoms with Crippen molar-refractivity contribution in [2.24, 2.45) is 0 Å². The first-order chi connectivity index (χ1) is 6.70. The molecule has 0 unspecified atom stereocenters. The third-order valence-electron chi connectivity index (χ3n) is 3.35. The van der Waals surface area contributed by atoms with Crippen molar-refractivity contribution in [2.45, 2.75) is 45.8 Å². The Hall–Kier alpha value is -0.773. The van der Waals surface area contributed by atoms with Gasteiger partial charge in [-0.05, 0) is 12.0 Å². The Morgan fingerprint density at radius 1 is 1.27 bits per heavy atom. The standard InChI is InChI=1S/C11H21NO2Si/c1-8-9(13-5)14-10(12-8)15(6,7)11(2,3)4/h1-7H3. The van der Waals surface area contributed by atoms with Gasteiger partial charge in [-0.25, -0.2) is 4.98 Å². The molecular weight excluding hydrogens is 206 g/mol. The van der Waals surface area contributed by atoms with E-state index in [-0.39, 0.29) is 5.04 Å². The summed E-state index contributed by atoms with van der Waals surface area (Å²) in [7, 11) is -0.0516. The van der Waals surface area contributed by atoms with Gasteiger partial charge >= 0.3 is 5.95 Å². The Bertz CT molecular complexity index is 350. The molecule has 0 spiro atoms. The third-order valence-corrected chi connectivity index (χ3v) is 8.38. The monoisotopic (exact) mass is 227 g/mol. The number of aromatic nitrogens is 1. The maximum absolute atomic E-state index is 5.68. The molecule has 0 atom stereocenters. The predicted molar refractivity (Wildman–Crippen MR) is 64.6 cm³/mol. The molecule has 0 fully saturated rings. The summed E-state index contributed by atoms with van der Waals surface area (Å²) in [5.74, 6) is 0.551. The zero-order chi connectivity index (χ0) is 11.9. The lowest BCUT2D eigenvalue weighted by Crippen LogP contribution is -2.50. The van der Waals surface area contributed by atoms with Crippen LogP contribution in [0.3, 0.4) is 0 Å². The largest absolute Gasteiger partial charge is 0.467 e. The Balaban J connectivity index is 3.16. The number of hydrogen-bond acceptors (Lipinski definition) is 3. The molecule has 0 aromatic carbocycles. The number of aryl methyl sites for hydroxylation is 1. The number of ether oxygens (including phenoxy) is 1. The molecule has 0 aliphatic rings. The van der Waals surface area contributed by atoms with Crippen LogP contribution in [0.15, 0.2) is 4.42 Å². The quantitative estimate of drug-likeness (QED) is 0.729. The summed E-state index contributed by atoms with van der Waals surface area (Å²) in [4.78, 5) is 4.49. The first kappa shape index (κ1) is 12.3. The van der Waals surface area contributed by atoms with E-state index < -0.39 is 8.07 Å². The van der Waals surface area contributed by atoms with Crippen LogP contribution in [0.25, 0.3) is 0 Å². The first-order valence-corrected chi connectivity index (χ1v) is 8.22. The summed E-state index contributed by atoms with van der Waals surface area (Å²) in [6, 6.07) is 0. The van der Waals surface area contributed by atoms with Gasteiger partial charge in [-0.1, -0.05) is 33.9 Å². The zero-order valence-electron chi connectivity index (χ0n) is 10.8. The summed E-state index contributed by atoms with van der Waals surface area (Å²) >= 11 is 0. The maximum atomic E-state index is 5.68. The minimum absolute atomic E-state index is 0.231. The minimum atomic E-state index is -1.67. The van der Waals surface area contributed by atoms with E-state index in [9.17, 15) is 0 Å². The number of rotatable bonds is 2. The smallest absolute Gasteiger partial charge is 0.307 e. The zero-order valence-corrected chi connectivity index (χ0v) is 11.8. The van der Waals surface area contributed by atoms with E-state index in [0.717, 1.165) is 11.2 Å². The Morgan fingerprint density at radius 3 is 2.13 bits per heavy atom. The predicted octanol–water partition coefficient (Wildman–Crippen LogP) is 2.71. The van der Waals surface area contributed by atoms with Crippen molar-refractivity contribution in [3.05, 3.63) is 5.69 Å². The molecule has 0 N–H and O–H groups in total. The van der Waals surface area contributed by atoms with Crippen LogP contribution in [-0.4, -0.2) is 20.2 Å². The molecule has 4 heteroatoms. The van der Waals surface area contributed by atoms with Crippen LogP contribution in [0, 0.1) is 6.92 Å². The van der Waals surface area contributed by atoms with Crippen molar-refractivity contribution in [2.75, 3.05) is 7.11 Å². The van der Waals surface area contributed by atoms with Gasteiger partial charge in [-0.3, -0.25) is 0 Å².